The number of anilines is 2. The maximum Gasteiger partial charge on any atom is 0.417 e. The van der Waals surface area contributed by atoms with Gasteiger partial charge in [0.05, 0.1) is 16.1 Å². The Morgan fingerprint density at radius 1 is 0.906 bits per heavy atom. The van der Waals surface area contributed by atoms with Gasteiger partial charge in [-0.05, 0) is 48.5 Å². The number of carbonyl (C=O) groups excluding carboxylic acids is 1. The van der Waals surface area contributed by atoms with Gasteiger partial charge < -0.3 is 15.4 Å². The summed E-state index contributed by atoms with van der Waals surface area (Å²) in [5, 5.41) is 4.00. The lowest BCUT2D eigenvalue weighted by Gasteiger charge is -2.14. The summed E-state index contributed by atoms with van der Waals surface area (Å²) in [6, 6.07) is 8.64. The molecule has 0 aliphatic heterocycles. The molecule has 168 valence electrons. The van der Waals surface area contributed by atoms with Crippen molar-refractivity contribution in [2.75, 3.05) is 10.6 Å². The van der Waals surface area contributed by atoms with Crippen molar-refractivity contribution in [2.24, 2.45) is 0 Å². The van der Waals surface area contributed by atoms with Crippen molar-refractivity contribution in [3.63, 3.8) is 0 Å². The monoisotopic (exact) mass is 475 g/mol. The topological polar surface area (TPSA) is 63.2 Å². The number of nitrogens with one attached hydrogen (secondary N) is 2. The summed E-state index contributed by atoms with van der Waals surface area (Å²) in [5.41, 5.74) is -2.30. The van der Waals surface area contributed by atoms with Gasteiger partial charge in [0.2, 0.25) is 5.88 Å². The van der Waals surface area contributed by atoms with Crippen LogP contribution in [-0.4, -0.2) is 11.0 Å². The second-order valence-corrected chi connectivity index (χ2v) is 6.66. The lowest BCUT2D eigenvalue weighted by atomic mass is 10.2. The number of aromatic nitrogens is 1. The van der Waals surface area contributed by atoms with Crippen molar-refractivity contribution in [2.45, 2.75) is 12.4 Å². The molecule has 0 spiro atoms. The maximum atomic E-state index is 13.0. The number of nitrogens with zero attached hydrogens (tertiary/aromatic N) is 1. The van der Waals surface area contributed by atoms with E-state index < -0.39 is 34.5 Å². The van der Waals surface area contributed by atoms with E-state index in [-0.39, 0.29) is 23.0 Å². The third kappa shape index (κ3) is 5.82. The Labute approximate surface area is 182 Å². The quantitative estimate of drug-likeness (QED) is 0.392. The van der Waals surface area contributed by atoms with Crippen LogP contribution in [-0.2, 0) is 12.4 Å². The summed E-state index contributed by atoms with van der Waals surface area (Å²) >= 11 is 5.54. The first-order chi connectivity index (χ1) is 14.9. The Morgan fingerprint density at radius 3 is 2.34 bits per heavy atom. The normalized spacial score (nSPS) is 11.7. The van der Waals surface area contributed by atoms with E-state index >= 15 is 0 Å². The number of halogens is 7. The molecule has 0 aliphatic rings. The van der Waals surface area contributed by atoms with Gasteiger partial charge in [-0.3, -0.25) is 0 Å². The van der Waals surface area contributed by atoms with Crippen LogP contribution < -0.4 is 15.4 Å². The molecule has 0 unspecified atom stereocenters. The van der Waals surface area contributed by atoms with Crippen LogP contribution in [0.4, 0.5) is 42.5 Å². The fraction of sp³-hybridized carbons (Fsp3) is 0.100. The van der Waals surface area contributed by atoms with Gasteiger partial charge in [-0.1, -0.05) is 17.7 Å². The third-order valence-corrected chi connectivity index (χ3v) is 4.25. The zero-order valence-electron chi connectivity index (χ0n) is 15.7. The van der Waals surface area contributed by atoms with Crippen molar-refractivity contribution < 1.29 is 35.9 Å². The molecular formula is C20H12ClF6N3O2. The number of benzene rings is 2. The molecule has 12 heteroatoms. The molecule has 3 rings (SSSR count). The van der Waals surface area contributed by atoms with Crippen molar-refractivity contribution >= 4 is 29.0 Å². The summed E-state index contributed by atoms with van der Waals surface area (Å²) in [6.07, 6.45) is -8.03. The number of hydrogen-bond acceptors (Lipinski definition) is 3. The predicted molar refractivity (Wildman–Crippen MR) is 105 cm³/mol. The molecular weight excluding hydrogens is 464 g/mol. The van der Waals surface area contributed by atoms with Crippen LogP contribution in [0.15, 0.2) is 60.8 Å². The SMILES string of the molecule is O=C(Nc1ccc(Cl)c(C(F)(F)F)c1)Nc1cccnc1Oc1cccc(C(F)(F)F)c1. The minimum absolute atomic E-state index is 0.0348. The van der Waals surface area contributed by atoms with Gasteiger partial charge in [-0.25, -0.2) is 9.78 Å². The van der Waals surface area contributed by atoms with E-state index in [0.29, 0.717) is 6.07 Å². The molecule has 32 heavy (non-hydrogen) atoms. The summed E-state index contributed by atoms with van der Waals surface area (Å²) in [7, 11) is 0. The molecule has 0 fully saturated rings. The van der Waals surface area contributed by atoms with Crippen LogP contribution >= 0.6 is 11.6 Å². The highest BCUT2D eigenvalue weighted by Crippen LogP contribution is 2.36. The first-order valence-corrected chi connectivity index (χ1v) is 9.06. The molecule has 0 atom stereocenters. The predicted octanol–water partition coefficient (Wildman–Crippen LogP) is 7.21. The largest absolute Gasteiger partial charge is 0.437 e. The molecule has 0 saturated heterocycles. The van der Waals surface area contributed by atoms with E-state index in [1.54, 1.807) is 0 Å². The van der Waals surface area contributed by atoms with Crippen LogP contribution in [0.2, 0.25) is 5.02 Å². The third-order valence-electron chi connectivity index (χ3n) is 3.92. The van der Waals surface area contributed by atoms with Gasteiger partial charge in [-0.2, -0.15) is 26.3 Å². The minimum atomic E-state index is -4.72. The second-order valence-electron chi connectivity index (χ2n) is 6.26. The van der Waals surface area contributed by atoms with E-state index in [2.05, 4.69) is 15.6 Å². The number of hydrogen-bond donors (Lipinski definition) is 2. The number of alkyl halides is 6. The van der Waals surface area contributed by atoms with Gasteiger partial charge in [0.15, 0.2) is 0 Å². The summed E-state index contributed by atoms with van der Waals surface area (Å²) < 4.78 is 82.9. The van der Waals surface area contributed by atoms with Crippen LogP contribution in [0.25, 0.3) is 0 Å². The van der Waals surface area contributed by atoms with Crippen LogP contribution in [0.1, 0.15) is 11.1 Å². The zero-order chi connectivity index (χ0) is 23.5. The van der Waals surface area contributed by atoms with E-state index in [0.717, 1.165) is 24.3 Å². The number of pyridine rings is 1. The van der Waals surface area contributed by atoms with E-state index in [9.17, 15) is 31.1 Å². The van der Waals surface area contributed by atoms with Gasteiger partial charge >= 0.3 is 18.4 Å². The first-order valence-electron chi connectivity index (χ1n) is 8.68. The Bertz CT molecular complexity index is 1130. The van der Waals surface area contributed by atoms with Crippen molar-refractivity contribution in [1.82, 2.24) is 4.98 Å². The number of amides is 2. The number of urea groups is 1. The molecule has 1 aromatic heterocycles. The molecule has 5 nitrogen and oxygen atoms in total. The lowest BCUT2D eigenvalue weighted by Crippen LogP contribution is -2.20. The zero-order valence-corrected chi connectivity index (χ0v) is 16.4. The molecule has 0 aliphatic carbocycles. The highest BCUT2D eigenvalue weighted by molar-refractivity contribution is 6.31. The molecule has 2 amide bonds. The van der Waals surface area contributed by atoms with Gasteiger partial charge in [0.25, 0.3) is 0 Å². The van der Waals surface area contributed by atoms with Crippen molar-refractivity contribution in [3.05, 3.63) is 76.9 Å². The van der Waals surface area contributed by atoms with E-state index in [1.807, 2.05) is 0 Å². The van der Waals surface area contributed by atoms with Crippen LogP contribution in [0.5, 0.6) is 11.6 Å². The highest BCUT2D eigenvalue weighted by Gasteiger charge is 2.33. The fourth-order valence-corrected chi connectivity index (χ4v) is 2.74. The smallest absolute Gasteiger partial charge is 0.417 e. The Balaban J connectivity index is 1.77. The average Bonchev–Trinajstić information content (AvgIpc) is 2.70. The Morgan fingerprint density at radius 2 is 1.66 bits per heavy atom. The second kappa shape index (κ2) is 8.95. The lowest BCUT2D eigenvalue weighted by molar-refractivity contribution is -0.138. The van der Waals surface area contributed by atoms with Gasteiger partial charge in [0, 0.05) is 11.9 Å². The number of rotatable bonds is 4. The molecule has 0 radical (unpaired) electrons. The first kappa shape index (κ1) is 23.2. The summed E-state index contributed by atoms with van der Waals surface area (Å²) in [6.45, 7) is 0. The molecule has 3 aromatic rings. The molecule has 0 saturated carbocycles. The average molecular weight is 476 g/mol. The highest BCUT2D eigenvalue weighted by atomic mass is 35.5. The summed E-state index contributed by atoms with van der Waals surface area (Å²) in [5.74, 6) is -0.413. The van der Waals surface area contributed by atoms with Gasteiger partial charge in [0.1, 0.15) is 11.4 Å². The molecule has 2 aromatic carbocycles. The maximum absolute atomic E-state index is 13.0. The van der Waals surface area contributed by atoms with E-state index in [1.165, 1.54) is 30.5 Å². The van der Waals surface area contributed by atoms with Crippen molar-refractivity contribution in [3.8, 4) is 11.6 Å². The van der Waals surface area contributed by atoms with Gasteiger partial charge in [-0.15, -0.1) is 0 Å². The minimum Gasteiger partial charge on any atom is -0.437 e. The molecule has 1 heterocycles. The standard InChI is InChI=1S/C20H12ClF6N3O2/c21-15-7-6-12(10-14(15)20(25,26)27)29-18(31)30-16-5-2-8-28-17(16)32-13-4-1-3-11(9-13)19(22,23)24/h1-10H,(H2,29,30,31). The summed E-state index contributed by atoms with van der Waals surface area (Å²) in [4.78, 5) is 16.1. The fourth-order valence-electron chi connectivity index (χ4n) is 2.52. The van der Waals surface area contributed by atoms with Crippen LogP contribution in [0.3, 0.4) is 0 Å². The van der Waals surface area contributed by atoms with E-state index in [4.69, 9.17) is 16.3 Å². The van der Waals surface area contributed by atoms with Crippen molar-refractivity contribution in [1.29, 1.82) is 0 Å². The number of ether oxygens (including phenoxy) is 1. The number of carbonyl (C=O) groups is 1. The van der Waals surface area contributed by atoms with Crippen LogP contribution in [0, 0.1) is 0 Å². The Hall–Kier alpha value is -3.47. The Kier molecular flexibility index (Phi) is 6.49. The molecule has 0 bridgehead atoms. The molecule has 2 N–H and O–H groups in total.